The van der Waals surface area contributed by atoms with Crippen molar-refractivity contribution in [3.8, 4) is 6.07 Å². The molecule has 0 aromatic carbocycles. The van der Waals surface area contributed by atoms with Crippen molar-refractivity contribution in [2.24, 2.45) is 0 Å². The number of hydrogen-bond donors (Lipinski definition) is 0. The summed E-state index contributed by atoms with van der Waals surface area (Å²) in [6.07, 6.45) is 11.1. The molecule has 0 spiro atoms. The number of fused-ring (bicyclic) bond motifs is 2. The quantitative estimate of drug-likeness (QED) is 0.614. The highest BCUT2D eigenvalue weighted by atomic mass is 16.7. The van der Waals surface area contributed by atoms with Crippen LogP contribution < -0.4 is 0 Å². The molecule has 2 fully saturated rings. The van der Waals surface area contributed by atoms with E-state index >= 15 is 0 Å². The van der Waals surface area contributed by atoms with Gasteiger partial charge >= 0.3 is 0 Å². The summed E-state index contributed by atoms with van der Waals surface area (Å²) < 4.78 is 0. The lowest BCUT2D eigenvalue weighted by Crippen LogP contribution is -2.50. The molecule has 1 saturated carbocycles. The van der Waals surface area contributed by atoms with E-state index in [2.05, 4.69) is 18.2 Å². The fourth-order valence-electron chi connectivity index (χ4n) is 3.06. The number of hydroxylamine groups is 2. The first-order valence-electron chi connectivity index (χ1n) is 5.90. The molecule has 0 N–H and O–H groups in total. The Labute approximate surface area is 90.3 Å². The molecule has 1 aliphatic heterocycles. The van der Waals surface area contributed by atoms with Crippen LogP contribution in [-0.2, 0) is 4.84 Å². The predicted octanol–water partition coefficient (Wildman–Crippen LogP) is 2.16. The van der Waals surface area contributed by atoms with E-state index in [9.17, 15) is 5.26 Å². The van der Waals surface area contributed by atoms with Crippen molar-refractivity contribution in [3.05, 3.63) is 12.2 Å². The predicted molar refractivity (Wildman–Crippen MR) is 55.7 cm³/mol. The second kappa shape index (κ2) is 3.33. The highest BCUT2D eigenvalue weighted by molar-refractivity contribution is 5.18. The molecule has 3 rings (SSSR count). The number of rotatable bonds is 1. The normalized spacial score (nSPS) is 38.1. The molecule has 3 aliphatic rings. The van der Waals surface area contributed by atoms with Crippen molar-refractivity contribution < 1.29 is 4.84 Å². The zero-order chi connectivity index (χ0) is 10.3. The number of nitriles is 1. The topological polar surface area (TPSA) is 36.3 Å². The first kappa shape index (κ1) is 9.38. The molecule has 0 aromatic rings. The van der Waals surface area contributed by atoms with Gasteiger partial charge in [-0.25, -0.2) is 0 Å². The van der Waals surface area contributed by atoms with Gasteiger partial charge in [0.15, 0.2) is 0 Å². The molecule has 1 saturated heterocycles. The van der Waals surface area contributed by atoms with Crippen molar-refractivity contribution >= 4 is 0 Å². The monoisotopic (exact) mass is 204 g/mol. The Morgan fingerprint density at radius 3 is 2.60 bits per heavy atom. The van der Waals surface area contributed by atoms with Gasteiger partial charge in [-0.05, 0) is 12.8 Å². The van der Waals surface area contributed by atoms with Gasteiger partial charge < -0.3 is 0 Å². The highest BCUT2D eigenvalue weighted by Crippen LogP contribution is 2.41. The van der Waals surface area contributed by atoms with E-state index in [1.165, 1.54) is 6.42 Å². The average molecular weight is 204 g/mol. The molecule has 2 aliphatic carbocycles. The third-order valence-electron chi connectivity index (χ3n) is 3.88. The Bertz CT molecular complexity index is 325. The van der Waals surface area contributed by atoms with Crippen molar-refractivity contribution in [1.29, 1.82) is 5.26 Å². The molecule has 3 heteroatoms. The largest absolute Gasteiger partial charge is 0.289 e. The smallest absolute Gasteiger partial charge is 0.133 e. The fraction of sp³-hybridized carbons (Fsp3) is 0.750. The maximum absolute atomic E-state index is 9.43. The molecular formula is C12H16N2O. The number of hydrogen-bond acceptors (Lipinski definition) is 3. The molecule has 2 atom stereocenters. The maximum Gasteiger partial charge on any atom is 0.133 e. The van der Waals surface area contributed by atoms with Gasteiger partial charge in [-0.15, -0.1) is 0 Å². The lowest BCUT2D eigenvalue weighted by atomic mass is 9.82. The second-order valence-corrected chi connectivity index (χ2v) is 4.86. The Balaban J connectivity index is 1.85. The van der Waals surface area contributed by atoms with Gasteiger partial charge in [0, 0.05) is 6.42 Å². The summed E-state index contributed by atoms with van der Waals surface area (Å²) in [4.78, 5) is 5.82. The van der Waals surface area contributed by atoms with Crippen LogP contribution in [0.3, 0.4) is 0 Å². The molecular weight excluding hydrogens is 188 g/mol. The van der Waals surface area contributed by atoms with Gasteiger partial charge in [-0.3, -0.25) is 4.84 Å². The molecule has 0 radical (unpaired) electrons. The van der Waals surface area contributed by atoms with Crippen LogP contribution in [0.1, 0.15) is 38.5 Å². The average Bonchev–Trinajstić information content (AvgIpc) is 2.92. The molecule has 2 unspecified atom stereocenters. The summed E-state index contributed by atoms with van der Waals surface area (Å²) in [6, 6.07) is 2.87. The van der Waals surface area contributed by atoms with Gasteiger partial charge in [-0.1, -0.05) is 31.4 Å². The third kappa shape index (κ3) is 1.32. The van der Waals surface area contributed by atoms with E-state index in [0.29, 0.717) is 6.04 Å². The molecule has 0 amide bonds. The first-order valence-corrected chi connectivity index (χ1v) is 5.90. The Hall–Kier alpha value is -0.850. The van der Waals surface area contributed by atoms with Gasteiger partial charge in [0.05, 0.1) is 18.2 Å². The van der Waals surface area contributed by atoms with Gasteiger partial charge in [0.2, 0.25) is 0 Å². The minimum Gasteiger partial charge on any atom is -0.289 e. The van der Waals surface area contributed by atoms with E-state index in [-0.39, 0.29) is 11.6 Å². The molecule has 1 heterocycles. The van der Waals surface area contributed by atoms with Crippen LogP contribution in [0.5, 0.6) is 0 Å². The fourth-order valence-corrected chi connectivity index (χ4v) is 3.06. The highest BCUT2D eigenvalue weighted by Gasteiger charge is 2.48. The summed E-state index contributed by atoms with van der Waals surface area (Å²) in [5.74, 6) is 0. The Kier molecular flexibility index (Phi) is 2.08. The minimum atomic E-state index is -0.331. The van der Waals surface area contributed by atoms with Gasteiger partial charge in [0.25, 0.3) is 0 Å². The Morgan fingerprint density at radius 1 is 1.27 bits per heavy atom. The van der Waals surface area contributed by atoms with E-state index in [0.717, 1.165) is 32.1 Å². The maximum atomic E-state index is 9.43. The zero-order valence-corrected chi connectivity index (χ0v) is 8.85. The van der Waals surface area contributed by atoms with Crippen LogP contribution >= 0.6 is 0 Å². The summed E-state index contributed by atoms with van der Waals surface area (Å²) in [6.45, 7) is 0. The van der Waals surface area contributed by atoms with Crippen molar-refractivity contribution in [1.82, 2.24) is 5.06 Å². The van der Waals surface area contributed by atoms with Gasteiger partial charge in [-0.2, -0.15) is 10.3 Å². The van der Waals surface area contributed by atoms with Crippen molar-refractivity contribution in [2.75, 3.05) is 0 Å². The molecule has 3 nitrogen and oxygen atoms in total. The lowest BCUT2D eigenvalue weighted by molar-refractivity contribution is -0.207. The SMILES string of the molecule is N#CC1(N2OC3C=CC2C3)CCCCC1. The Morgan fingerprint density at radius 2 is 2.07 bits per heavy atom. The van der Waals surface area contributed by atoms with Crippen LogP contribution in [-0.4, -0.2) is 22.7 Å². The van der Waals surface area contributed by atoms with Crippen LogP contribution in [0.15, 0.2) is 12.2 Å². The van der Waals surface area contributed by atoms with E-state index in [1.807, 2.05) is 5.06 Å². The molecule has 80 valence electrons. The van der Waals surface area contributed by atoms with E-state index in [1.54, 1.807) is 0 Å². The standard InChI is InChI=1S/C12H16N2O/c13-9-12(6-2-1-3-7-12)14-10-4-5-11(8-10)15-14/h4-5,10-11H,1-3,6-8H2. The lowest BCUT2D eigenvalue weighted by Gasteiger charge is -2.40. The van der Waals surface area contributed by atoms with Crippen LogP contribution in [0, 0.1) is 11.3 Å². The summed E-state index contributed by atoms with van der Waals surface area (Å²) >= 11 is 0. The molecule has 2 bridgehead atoms. The summed E-state index contributed by atoms with van der Waals surface area (Å²) in [7, 11) is 0. The first-order chi connectivity index (χ1) is 7.34. The molecule has 0 aromatic heterocycles. The zero-order valence-electron chi connectivity index (χ0n) is 8.85. The summed E-state index contributed by atoms with van der Waals surface area (Å²) in [5, 5.41) is 11.4. The van der Waals surface area contributed by atoms with Crippen molar-refractivity contribution in [3.63, 3.8) is 0 Å². The minimum absolute atomic E-state index is 0.238. The van der Waals surface area contributed by atoms with Gasteiger partial charge in [0.1, 0.15) is 5.54 Å². The van der Waals surface area contributed by atoms with Crippen molar-refractivity contribution in [2.45, 2.75) is 56.2 Å². The van der Waals surface area contributed by atoms with Crippen LogP contribution in [0.4, 0.5) is 0 Å². The number of nitrogens with zero attached hydrogens (tertiary/aromatic N) is 2. The second-order valence-electron chi connectivity index (χ2n) is 4.86. The van der Waals surface area contributed by atoms with Crippen LogP contribution in [0.25, 0.3) is 0 Å². The van der Waals surface area contributed by atoms with Crippen LogP contribution in [0.2, 0.25) is 0 Å². The molecule has 15 heavy (non-hydrogen) atoms. The third-order valence-corrected chi connectivity index (χ3v) is 3.88. The van der Waals surface area contributed by atoms with E-state index in [4.69, 9.17) is 4.84 Å². The summed E-state index contributed by atoms with van der Waals surface area (Å²) in [5.41, 5.74) is -0.331. The van der Waals surface area contributed by atoms with E-state index < -0.39 is 0 Å².